The quantitative estimate of drug-likeness (QED) is 0.736. The molecule has 1 unspecified atom stereocenters. The number of nitrogens with one attached hydrogen (secondary N) is 1. The molecule has 0 aromatic heterocycles. The summed E-state index contributed by atoms with van der Waals surface area (Å²) in [5.41, 5.74) is 0. The molecular weight excluding hydrogens is 246 g/mol. The van der Waals surface area contributed by atoms with E-state index < -0.39 is 12.0 Å². The van der Waals surface area contributed by atoms with Crippen molar-refractivity contribution in [3.8, 4) is 0 Å². The summed E-state index contributed by atoms with van der Waals surface area (Å²) in [7, 11) is 0. The Kier molecular flexibility index (Phi) is 5.75. The van der Waals surface area contributed by atoms with Crippen LogP contribution in [0.4, 0.5) is 0 Å². The molecule has 1 fully saturated rings. The zero-order chi connectivity index (χ0) is 14.6. The molecule has 0 aliphatic carbocycles. The predicted octanol–water partition coefficient (Wildman–Crippen LogP) is -0.00980. The normalized spacial score (nSPS) is 20.8. The summed E-state index contributed by atoms with van der Waals surface area (Å²) in [5.74, 6) is -0.876. The molecule has 1 atom stereocenters. The van der Waals surface area contributed by atoms with Crippen LogP contribution in [-0.4, -0.2) is 71.1 Å². The summed E-state index contributed by atoms with van der Waals surface area (Å²) >= 11 is 0. The van der Waals surface area contributed by atoms with Crippen LogP contribution < -0.4 is 5.32 Å². The maximum Gasteiger partial charge on any atom is 0.322 e. The number of piperazine rings is 1. The highest BCUT2D eigenvalue weighted by Gasteiger charge is 2.31. The van der Waals surface area contributed by atoms with Crippen molar-refractivity contribution in [2.45, 2.75) is 45.8 Å². The zero-order valence-corrected chi connectivity index (χ0v) is 12.2. The number of rotatable bonds is 5. The van der Waals surface area contributed by atoms with Crippen molar-refractivity contribution in [3.63, 3.8) is 0 Å². The maximum absolute atomic E-state index is 12.3. The molecule has 1 saturated heterocycles. The number of hydrogen-bond acceptors (Lipinski definition) is 4. The van der Waals surface area contributed by atoms with E-state index in [0.717, 1.165) is 6.54 Å². The number of amides is 1. The van der Waals surface area contributed by atoms with Crippen molar-refractivity contribution in [1.29, 1.82) is 0 Å². The Hall–Kier alpha value is -1.14. The van der Waals surface area contributed by atoms with Crippen molar-refractivity contribution in [1.82, 2.24) is 15.1 Å². The molecule has 2 N–H and O–H groups in total. The Morgan fingerprint density at radius 2 is 1.89 bits per heavy atom. The van der Waals surface area contributed by atoms with Crippen LogP contribution in [0.3, 0.4) is 0 Å². The third kappa shape index (κ3) is 4.18. The number of carboxylic acid groups (broad SMARTS) is 1. The third-order valence-corrected chi connectivity index (χ3v) is 3.38. The molecule has 0 radical (unpaired) electrons. The molecule has 1 amide bonds. The summed E-state index contributed by atoms with van der Waals surface area (Å²) < 4.78 is 0. The lowest BCUT2D eigenvalue weighted by Crippen LogP contribution is -2.58. The van der Waals surface area contributed by atoms with Crippen LogP contribution >= 0.6 is 0 Å². The molecule has 0 aromatic rings. The Labute approximate surface area is 114 Å². The molecule has 0 saturated carbocycles. The summed E-state index contributed by atoms with van der Waals surface area (Å²) in [5, 5.41) is 12.2. The van der Waals surface area contributed by atoms with Crippen LogP contribution in [0, 0.1) is 0 Å². The largest absolute Gasteiger partial charge is 0.480 e. The number of hydrogen-bond donors (Lipinski definition) is 2. The van der Waals surface area contributed by atoms with Gasteiger partial charge in [-0.25, -0.2) is 0 Å². The van der Waals surface area contributed by atoms with E-state index in [1.54, 1.807) is 9.80 Å². The molecule has 6 nitrogen and oxygen atoms in total. The van der Waals surface area contributed by atoms with Crippen LogP contribution in [0.2, 0.25) is 0 Å². The summed E-state index contributed by atoms with van der Waals surface area (Å²) in [6.45, 7) is 9.79. The van der Waals surface area contributed by atoms with Crippen LogP contribution in [0.1, 0.15) is 27.7 Å². The van der Waals surface area contributed by atoms with Gasteiger partial charge in [0.25, 0.3) is 0 Å². The monoisotopic (exact) mass is 271 g/mol. The Bertz CT molecular complexity index is 323. The van der Waals surface area contributed by atoms with Gasteiger partial charge in [0.15, 0.2) is 0 Å². The first-order valence-corrected chi connectivity index (χ1v) is 6.83. The summed E-state index contributed by atoms with van der Waals surface area (Å²) in [6, 6.07) is -0.365. The lowest BCUT2D eigenvalue weighted by atomic mass is 10.1. The third-order valence-electron chi connectivity index (χ3n) is 3.38. The Balaban J connectivity index is 2.70. The van der Waals surface area contributed by atoms with Gasteiger partial charge < -0.3 is 15.3 Å². The van der Waals surface area contributed by atoms with E-state index in [1.165, 1.54) is 0 Å². The highest BCUT2D eigenvalue weighted by atomic mass is 16.4. The molecule has 19 heavy (non-hydrogen) atoms. The maximum atomic E-state index is 12.3. The smallest absolute Gasteiger partial charge is 0.322 e. The van der Waals surface area contributed by atoms with Gasteiger partial charge in [-0.05, 0) is 27.7 Å². The second-order valence-corrected chi connectivity index (χ2v) is 5.52. The molecule has 0 bridgehead atoms. The second kappa shape index (κ2) is 6.86. The Morgan fingerprint density at radius 3 is 2.37 bits per heavy atom. The van der Waals surface area contributed by atoms with Gasteiger partial charge in [-0.3, -0.25) is 14.5 Å². The number of nitrogens with zero attached hydrogens (tertiary/aromatic N) is 2. The fourth-order valence-corrected chi connectivity index (χ4v) is 2.61. The van der Waals surface area contributed by atoms with Crippen LogP contribution in [0.25, 0.3) is 0 Å². The van der Waals surface area contributed by atoms with Crippen LogP contribution in [0.5, 0.6) is 0 Å². The SMILES string of the molecule is CC(C)N(C(=O)CN1CCNCC1C(=O)O)C(C)C. The van der Waals surface area contributed by atoms with E-state index in [4.69, 9.17) is 0 Å². The van der Waals surface area contributed by atoms with Gasteiger partial charge in [-0.15, -0.1) is 0 Å². The van der Waals surface area contributed by atoms with Crippen molar-refractivity contribution in [2.24, 2.45) is 0 Å². The first kappa shape index (κ1) is 15.9. The number of aliphatic carboxylic acids is 1. The minimum atomic E-state index is -0.874. The fourth-order valence-electron chi connectivity index (χ4n) is 2.61. The van der Waals surface area contributed by atoms with Gasteiger partial charge in [-0.1, -0.05) is 0 Å². The molecule has 1 aliphatic heterocycles. The van der Waals surface area contributed by atoms with Gasteiger partial charge in [0.05, 0.1) is 6.54 Å². The highest BCUT2D eigenvalue weighted by molar-refractivity contribution is 5.80. The van der Waals surface area contributed by atoms with Crippen molar-refractivity contribution >= 4 is 11.9 Å². The van der Waals surface area contributed by atoms with E-state index in [2.05, 4.69) is 5.32 Å². The Morgan fingerprint density at radius 1 is 1.32 bits per heavy atom. The van der Waals surface area contributed by atoms with Crippen LogP contribution in [0.15, 0.2) is 0 Å². The van der Waals surface area contributed by atoms with Crippen molar-refractivity contribution in [3.05, 3.63) is 0 Å². The number of carbonyl (C=O) groups excluding carboxylic acids is 1. The topological polar surface area (TPSA) is 72.9 Å². The van der Waals surface area contributed by atoms with E-state index in [0.29, 0.717) is 13.1 Å². The molecule has 1 aliphatic rings. The molecule has 1 rings (SSSR count). The summed E-state index contributed by atoms with van der Waals surface area (Å²) in [6.07, 6.45) is 0. The fraction of sp³-hybridized carbons (Fsp3) is 0.846. The minimum Gasteiger partial charge on any atom is -0.480 e. The molecule has 0 spiro atoms. The lowest BCUT2D eigenvalue weighted by Gasteiger charge is -2.37. The number of carboxylic acids is 1. The highest BCUT2D eigenvalue weighted by Crippen LogP contribution is 2.09. The van der Waals surface area contributed by atoms with Crippen molar-refractivity contribution in [2.75, 3.05) is 26.2 Å². The molecule has 6 heteroatoms. The predicted molar refractivity (Wildman–Crippen MR) is 73.0 cm³/mol. The van der Waals surface area contributed by atoms with Gasteiger partial charge in [-0.2, -0.15) is 0 Å². The van der Waals surface area contributed by atoms with E-state index in [9.17, 15) is 14.7 Å². The zero-order valence-electron chi connectivity index (χ0n) is 12.2. The standard InChI is InChI=1S/C13H25N3O3/c1-9(2)16(10(3)4)12(17)8-15-6-5-14-7-11(15)13(18)19/h9-11,14H,5-8H2,1-4H3,(H,18,19). The van der Waals surface area contributed by atoms with Gasteiger partial charge in [0.2, 0.25) is 5.91 Å². The molecule has 110 valence electrons. The van der Waals surface area contributed by atoms with E-state index >= 15 is 0 Å². The van der Waals surface area contributed by atoms with Gasteiger partial charge >= 0.3 is 5.97 Å². The molecule has 0 aromatic carbocycles. The first-order valence-electron chi connectivity index (χ1n) is 6.83. The lowest BCUT2D eigenvalue weighted by molar-refractivity contribution is -0.146. The van der Waals surface area contributed by atoms with E-state index in [-0.39, 0.29) is 24.5 Å². The molecular formula is C13H25N3O3. The van der Waals surface area contributed by atoms with Crippen LogP contribution in [-0.2, 0) is 9.59 Å². The number of carbonyl (C=O) groups is 2. The summed E-state index contributed by atoms with van der Waals surface area (Å²) in [4.78, 5) is 27.1. The average Bonchev–Trinajstić information content (AvgIpc) is 2.27. The minimum absolute atomic E-state index is 0.00171. The second-order valence-electron chi connectivity index (χ2n) is 5.52. The van der Waals surface area contributed by atoms with Gasteiger partial charge in [0.1, 0.15) is 6.04 Å². The average molecular weight is 271 g/mol. The van der Waals surface area contributed by atoms with Crippen molar-refractivity contribution < 1.29 is 14.7 Å². The molecule has 1 heterocycles. The van der Waals surface area contributed by atoms with E-state index in [1.807, 2.05) is 27.7 Å². The first-order chi connectivity index (χ1) is 8.84. The van der Waals surface area contributed by atoms with Gasteiger partial charge in [0, 0.05) is 31.7 Å².